The van der Waals surface area contributed by atoms with Gasteiger partial charge in [0.25, 0.3) is 15.6 Å². The molecule has 1 aromatic heterocycles. The number of anilines is 1. The van der Waals surface area contributed by atoms with Crippen molar-refractivity contribution in [3.63, 3.8) is 0 Å². The van der Waals surface area contributed by atoms with E-state index in [-0.39, 0.29) is 27.9 Å². The van der Waals surface area contributed by atoms with Gasteiger partial charge >= 0.3 is 5.97 Å². The predicted octanol–water partition coefficient (Wildman–Crippen LogP) is 6.26. The van der Waals surface area contributed by atoms with E-state index in [9.17, 15) is 18.0 Å². The number of aromatic nitrogens is 2. The second-order valence-corrected chi connectivity index (χ2v) is 11.4. The van der Waals surface area contributed by atoms with E-state index >= 15 is 0 Å². The summed E-state index contributed by atoms with van der Waals surface area (Å²) < 4.78 is 37.2. The van der Waals surface area contributed by atoms with Crippen molar-refractivity contribution in [2.45, 2.75) is 18.4 Å². The first-order chi connectivity index (χ1) is 17.9. The van der Waals surface area contributed by atoms with Gasteiger partial charge in [-0.3, -0.25) is 14.2 Å². The number of hydrogen-bond donors (Lipinski definition) is 1. The Morgan fingerprint density at radius 2 is 1.66 bits per heavy atom. The third-order valence-corrected chi connectivity index (χ3v) is 8.56. The number of rotatable bonds is 7. The SMILES string of the molecule is Cc1c(NS(=O)(=O)c2cc(C(=O)OCc3ccc(Cl)cc3Cl)cc(Cl)c2Cl)c(=O)n(-c2ccccc2)n1C. The summed E-state index contributed by atoms with van der Waals surface area (Å²) in [6.45, 7) is 1.39. The van der Waals surface area contributed by atoms with Gasteiger partial charge in [0, 0.05) is 22.7 Å². The summed E-state index contributed by atoms with van der Waals surface area (Å²) in [6.07, 6.45) is 0. The fraction of sp³-hybridized carbons (Fsp3) is 0.120. The third kappa shape index (κ3) is 5.57. The number of carbonyl (C=O) groups excluding carboxylic acids is 1. The van der Waals surface area contributed by atoms with Crippen molar-refractivity contribution in [1.29, 1.82) is 0 Å². The third-order valence-electron chi connectivity index (χ3n) is 5.68. The van der Waals surface area contributed by atoms with Crippen LogP contribution in [0.15, 0.2) is 70.4 Å². The molecule has 0 bridgehead atoms. The molecule has 0 unspecified atom stereocenters. The highest BCUT2D eigenvalue weighted by molar-refractivity contribution is 7.92. The zero-order valence-electron chi connectivity index (χ0n) is 19.8. The van der Waals surface area contributed by atoms with Crippen LogP contribution in [0, 0.1) is 6.92 Å². The van der Waals surface area contributed by atoms with Gasteiger partial charge in [-0.25, -0.2) is 17.9 Å². The number of carbonyl (C=O) groups is 1. The van der Waals surface area contributed by atoms with Gasteiger partial charge in [0.2, 0.25) is 0 Å². The van der Waals surface area contributed by atoms with E-state index in [4.69, 9.17) is 51.1 Å². The lowest BCUT2D eigenvalue weighted by Gasteiger charge is -2.12. The molecular formula is C25H19Cl4N3O5S. The quantitative estimate of drug-likeness (QED) is 0.248. The highest BCUT2D eigenvalue weighted by Gasteiger charge is 2.27. The van der Waals surface area contributed by atoms with Gasteiger partial charge in [0.1, 0.15) is 17.2 Å². The molecule has 1 heterocycles. The van der Waals surface area contributed by atoms with Crippen molar-refractivity contribution >= 4 is 68.1 Å². The number of hydrogen-bond acceptors (Lipinski definition) is 5. The largest absolute Gasteiger partial charge is 0.457 e. The summed E-state index contributed by atoms with van der Waals surface area (Å²) in [6, 6.07) is 15.6. The normalized spacial score (nSPS) is 11.4. The van der Waals surface area contributed by atoms with Crippen LogP contribution in [0.1, 0.15) is 21.6 Å². The molecule has 0 aliphatic heterocycles. The number of sulfonamides is 1. The van der Waals surface area contributed by atoms with Crippen molar-refractivity contribution in [2.75, 3.05) is 4.72 Å². The van der Waals surface area contributed by atoms with Crippen molar-refractivity contribution in [2.24, 2.45) is 7.05 Å². The second kappa shape index (κ2) is 11.0. The van der Waals surface area contributed by atoms with Gasteiger partial charge in [-0.15, -0.1) is 0 Å². The number of ether oxygens (including phenoxy) is 1. The maximum absolute atomic E-state index is 13.4. The summed E-state index contributed by atoms with van der Waals surface area (Å²) in [5.74, 6) is -0.867. The predicted molar refractivity (Wildman–Crippen MR) is 149 cm³/mol. The van der Waals surface area contributed by atoms with Crippen molar-refractivity contribution in [3.05, 3.63) is 108 Å². The Hall–Kier alpha value is -2.95. The number of para-hydroxylation sites is 1. The Morgan fingerprint density at radius 1 is 0.974 bits per heavy atom. The minimum absolute atomic E-state index is 0.170. The molecule has 1 N–H and O–H groups in total. The molecule has 3 aromatic carbocycles. The number of halogens is 4. The van der Waals surface area contributed by atoms with Gasteiger partial charge in [0.05, 0.1) is 27.0 Å². The summed E-state index contributed by atoms with van der Waals surface area (Å²) in [5, 5.41) is 0.193. The smallest absolute Gasteiger partial charge is 0.338 e. The molecule has 198 valence electrons. The van der Waals surface area contributed by atoms with E-state index in [1.54, 1.807) is 56.4 Å². The minimum Gasteiger partial charge on any atom is -0.457 e. The molecule has 8 nitrogen and oxygen atoms in total. The molecular weight excluding hydrogens is 596 g/mol. The maximum atomic E-state index is 13.4. The average molecular weight is 615 g/mol. The van der Waals surface area contributed by atoms with Crippen LogP contribution in [0.25, 0.3) is 5.69 Å². The highest BCUT2D eigenvalue weighted by atomic mass is 35.5. The van der Waals surface area contributed by atoms with Gasteiger partial charge in [0.15, 0.2) is 0 Å². The summed E-state index contributed by atoms with van der Waals surface area (Å²) in [5.41, 5.74) is 0.427. The van der Waals surface area contributed by atoms with Crippen LogP contribution < -0.4 is 10.3 Å². The summed E-state index contributed by atoms with van der Waals surface area (Å²) >= 11 is 24.4. The lowest BCUT2D eigenvalue weighted by Crippen LogP contribution is -2.23. The minimum atomic E-state index is -4.47. The first kappa shape index (κ1) is 28.1. The fourth-order valence-corrected chi connectivity index (χ4v) is 6.01. The first-order valence-electron chi connectivity index (χ1n) is 10.9. The summed E-state index contributed by atoms with van der Waals surface area (Å²) in [7, 11) is -2.85. The van der Waals surface area contributed by atoms with E-state index in [1.165, 1.54) is 21.5 Å². The molecule has 4 aromatic rings. The second-order valence-electron chi connectivity index (χ2n) is 8.12. The molecule has 0 saturated carbocycles. The number of benzene rings is 3. The van der Waals surface area contributed by atoms with Gasteiger partial charge in [-0.1, -0.05) is 70.7 Å². The van der Waals surface area contributed by atoms with Crippen molar-refractivity contribution in [1.82, 2.24) is 9.36 Å². The maximum Gasteiger partial charge on any atom is 0.338 e. The standard InChI is InChI=1S/C25H19Cl4N3O5S/c1-14-23(24(33)32(31(14)2)18-6-4-3-5-7-18)30-38(35,36)21-11-16(10-20(28)22(21)29)25(34)37-13-15-8-9-17(26)12-19(15)27/h3-12,30H,13H2,1-2H3. The molecule has 0 aliphatic carbocycles. The topological polar surface area (TPSA) is 99.4 Å². The molecule has 0 aliphatic rings. The lowest BCUT2D eigenvalue weighted by atomic mass is 10.2. The van der Waals surface area contributed by atoms with Gasteiger partial charge in [-0.2, -0.15) is 0 Å². The Labute approximate surface area is 238 Å². The van der Waals surface area contributed by atoms with Gasteiger partial charge in [-0.05, 0) is 43.3 Å². The Bertz CT molecular complexity index is 1720. The van der Waals surface area contributed by atoms with Crippen LogP contribution >= 0.6 is 46.4 Å². The van der Waals surface area contributed by atoms with E-state index in [2.05, 4.69) is 4.72 Å². The number of nitrogens with one attached hydrogen (secondary N) is 1. The van der Waals surface area contributed by atoms with Gasteiger partial charge < -0.3 is 4.74 Å². The molecule has 13 heteroatoms. The number of esters is 1. The zero-order chi connectivity index (χ0) is 27.8. The molecule has 0 spiro atoms. The van der Waals surface area contributed by atoms with Crippen LogP contribution in [0.2, 0.25) is 20.1 Å². The van der Waals surface area contributed by atoms with Crippen molar-refractivity contribution < 1.29 is 17.9 Å². The average Bonchev–Trinajstić information content (AvgIpc) is 3.07. The first-order valence-corrected chi connectivity index (χ1v) is 13.9. The van der Waals surface area contributed by atoms with Crippen LogP contribution in [-0.2, 0) is 28.4 Å². The van der Waals surface area contributed by atoms with Crippen LogP contribution in [0.5, 0.6) is 0 Å². The van der Waals surface area contributed by atoms with Crippen LogP contribution in [-0.4, -0.2) is 23.8 Å². The molecule has 0 fully saturated rings. The molecule has 0 saturated heterocycles. The van der Waals surface area contributed by atoms with Crippen molar-refractivity contribution in [3.8, 4) is 5.69 Å². The highest BCUT2D eigenvalue weighted by Crippen LogP contribution is 2.33. The van der Waals surface area contributed by atoms with E-state index in [0.29, 0.717) is 27.0 Å². The van der Waals surface area contributed by atoms with E-state index in [1.807, 2.05) is 0 Å². The Morgan fingerprint density at radius 3 is 2.32 bits per heavy atom. The lowest BCUT2D eigenvalue weighted by molar-refractivity contribution is 0.0472. The fourth-order valence-electron chi connectivity index (χ4n) is 3.62. The zero-order valence-corrected chi connectivity index (χ0v) is 23.7. The summed E-state index contributed by atoms with van der Waals surface area (Å²) in [4.78, 5) is 25.4. The molecule has 0 amide bonds. The van der Waals surface area contributed by atoms with Crippen LogP contribution in [0.4, 0.5) is 5.69 Å². The Kier molecular flexibility index (Phi) is 8.15. The van der Waals surface area contributed by atoms with E-state index in [0.717, 1.165) is 6.07 Å². The monoisotopic (exact) mass is 613 g/mol. The molecule has 38 heavy (non-hydrogen) atoms. The molecule has 0 radical (unpaired) electrons. The van der Waals surface area contributed by atoms with E-state index < -0.39 is 26.4 Å². The molecule has 0 atom stereocenters. The Balaban J connectivity index is 1.66. The van der Waals surface area contributed by atoms with Crippen LogP contribution in [0.3, 0.4) is 0 Å². The number of nitrogens with zero attached hydrogens (tertiary/aromatic N) is 2. The molecule has 4 rings (SSSR count).